The molecular formula is C18H22O. The van der Waals surface area contributed by atoms with Crippen LogP contribution in [-0.2, 0) is 12.8 Å². The SMILES string of the molecule is Cc1cccc(CC(C)(O)Cc2cccc(C)c2)c1. The Balaban J connectivity index is 2.10. The van der Waals surface area contributed by atoms with E-state index in [-0.39, 0.29) is 0 Å². The average molecular weight is 254 g/mol. The van der Waals surface area contributed by atoms with Crippen LogP contribution in [-0.4, -0.2) is 10.7 Å². The Kier molecular flexibility index (Phi) is 4.06. The van der Waals surface area contributed by atoms with Gasteiger partial charge in [0.2, 0.25) is 0 Å². The highest BCUT2D eigenvalue weighted by Gasteiger charge is 2.21. The summed E-state index contributed by atoms with van der Waals surface area (Å²) in [5.41, 5.74) is 4.16. The third kappa shape index (κ3) is 4.22. The summed E-state index contributed by atoms with van der Waals surface area (Å²) in [5, 5.41) is 10.6. The van der Waals surface area contributed by atoms with Crippen molar-refractivity contribution in [2.45, 2.75) is 39.2 Å². The van der Waals surface area contributed by atoms with E-state index in [1.807, 2.05) is 19.1 Å². The molecule has 0 atom stereocenters. The minimum Gasteiger partial charge on any atom is -0.389 e. The Hall–Kier alpha value is -1.60. The van der Waals surface area contributed by atoms with E-state index < -0.39 is 5.60 Å². The molecule has 0 aliphatic carbocycles. The number of aliphatic hydroxyl groups is 1. The van der Waals surface area contributed by atoms with Gasteiger partial charge in [-0.15, -0.1) is 0 Å². The second-order valence-corrected chi connectivity index (χ2v) is 5.83. The van der Waals surface area contributed by atoms with Crippen molar-refractivity contribution in [1.82, 2.24) is 0 Å². The first-order chi connectivity index (χ1) is 8.94. The average Bonchev–Trinajstić information content (AvgIpc) is 2.27. The molecule has 2 aromatic carbocycles. The first-order valence-electron chi connectivity index (χ1n) is 6.78. The van der Waals surface area contributed by atoms with Crippen molar-refractivity contribution in [3.8, 4) is 0 Å². The summed E-state index contributed by atoms with van der Waals surface area (Å²) in [6.07, 6.45) is 1.37. The van der Waals surface area contributed by atoms with Gasteiger partial charge in [-0.2, -0.15) is 0 Å². The molecule has 1 N–H and O–H groups in total. The Bertz CT molecular complexity index is 506. The van der Waals surface area contributed by atoms with Crippen LogP contribution in [0.1, 0.15) is 29.2 Å². The van der Waals surface area contributed by atoms with Gasteiger partial charge in [0.25, 0.3) is 0 Å². The predicted octanol–water partition coefficient (Wildman–Crippen LogP) is 3.84. The van der Waals surface area contributed by atoms with E-state index in [0.717, 1.165) is 0 Å². The van der Waals surface area contributed by atoms with Crippen molar-refractivity contribution < 1.29 is 5.11 Å². The lowest BCUT2D eigenvalue weighted by Crippen LogP contribution is -2.30. The van der Waals surface area contributed by atoms with Gasteiger partial charge in [-0.1, -0.05) is 59.7 Å². The molecule has 0 aromatic heterocycles. The quantitative estimate of drug-likeness (QED) is 0.879. The zero-order valence-corrected chi connectivity index (χ0v) is 12.0. The summed E-state index contributed by atoms with van der Waals surface area (Å²) in [6.45, 7) is 6.08. The van der Waals surface area contributed by atoms with Crippen LogP contribution in [0.15, 0.2) is 48.5 Å². The first-order valence-corrected chi connectivity index (χ1v) is 6.78. The van der Waals surface area contributed by atoms with Crippen LogP contribution in [0.25, 0.3) is 0 Å². The minimum atomic E-state index is -0.707. The van der Waals surface area contributed by atoms with E-state index >= 15 is 0 Å². The van der Waals surface area contributed by atoms with Crippen LogP contribution in [0.4, 0.5) is 0 Å². The lowest BCUT2D eigenvalue weighted by atomic mass is 9.89. The predicted molar refractivity (Wildman–Crippen MR) is 80.4 cm³/mol. The zero-order valence-electron chi connectivity index (χ0n) is 12.0. The van der Waals surface area contributed by atoms with E-state index in [1.165, 1.54) is 22.3 Å². The second-order valence-electron chi connectivity index (χ2n) is 5.83. The lowest BCUT2D eigenvalue weighted by molar-refractivity contribution is 0.0608. The summed E-state index contributed by atoms with van der Waals surface area (Å²) in [7, 11) is 0. The van der Waals surface area contributed by atoms with Crippen LogP contribution in [0.2, 0.25) is 0 Å². The van der Waals surface area contributed by atoms with Crippen molar-refractivity contribution in [3.63, 3.8) is 0 Å². The molecular weight excluding hydrogens is 232 g/mol. The van der Waals surface area contributed by atoms with E-state index in [2.05, 4.69) is 50.2 Å². The lowest BCUT2D eigenvalue weighted by Gasteiger charge is -2.24. The summed E-state index contributed by atoms with van der Waals surface area (Å²) < 4.78 is 0. The maximum atomic E-state index is 10.6. The topological polar surface area (TPSA) is 20.2 Å². The van der Waals surface area contributed by atoms with Gasteiger partial charge in [-0.25, -0.2) is 0 Å². The molecule has 0 aliphatic rings. The summed E-state index contributed by atoms with van der Waals surface area (Å²) in [6, 6.07) is 16.7. The van der Waals surface area contributed by atoms with Crippen molar-refractivity contribution in [3.05, 3.63) is 70.8 Å². The van der Waals surface area contributed by atoms with Crippen LogP contribution in [0.5, 0.6) is 0 Å². The Morgan fingerprint density at radius 3 is 1.63 bits per heavy atom. The summed E-state index contributed by atoms with van der Waals surface area (Å²) in [4.78, 5) is 0. The van der Waals surface area contributed by atoms with Gasteiger partial charge in [0.15, 0.2) is 0 Å². The molecule has 100 valence electrons. The fraction of sp³-hybridized carbons (Fsp3) is 0.333. The molecule has 0 heterocycles. The molecule has 0 amide bonds. The largest absolute Gasteiger partial charge is 0.389 e. The number of rotatable bonds is 4. The van der Waals surface area contributed by atoms with Gasteiger partial charge in [0, 0.05) is 12.8 Å². The molecule has 0 aliphatic heterocycles. The van der Waals surface area contributed by atoms with Gasteiger partial charge in [0.1, 0.15) is 0 Å². The summed E-state index contributed by atoms with van der Waals surface area (Å²) in [5.74, 6) is 0. The summed E-state index contributed by atoms with van der Waals surface area (Å²) >= 11 is 0. The van der Waals surface area contributed by atoms with Crippen LogP contribution in [0, 0.1) is 13.8 Å². The molecule has 1 nitrogen and oxygen atoms in total. The third-order valence-corrected chi connectivity index (χ3v) is 3.33. The smallest absolute Gasteiger partial charge is 0.0700 e. The molecule has 0 radical (unpaired) electrons. The van der Waals surface area contributed by atoms with Gasteiger partial charge in [0.05, 0.1) is 5.60 Å². The monoisotopic (exact) mass is 254 g/mol. The van der Waals surface area contributed by atoms with Crippen molar-refractivity contribution in [1.29, 1.82) is 0 Å². The minimum absolute atomic E-state index is 0.683. The van der Waals surface area contributed by atoms with Crippen LogP contribution < -0.4 is 0 Å². The normalized spacial score (nSPS) is 11.6. The molecule has 1 heteroatoms. The van der Waals surface area contributed by atoms with E-state index in [9.17, 15) is 5.11 Å². The molecule has 0 saturated carbocycles. The zero-order chi connectivity index (χ0) is 13.9. The number of aryl methyl sites for hydroxylation is 2. The molecule has 2 rings (SSSR count). The number of hydrogen-bond donors (Lipinski definition) is 1. The van der Waals surface area contributed by atoms with E-state index in [0.29, 0.717) is 12.8 Å². The van der Waals surface area contributed by atoms with Crippen LogP contribution >= 0.6 is 0 Å². The fourth-order valence-electron chi connectivity index (χ4n) is 2.59. The number of hydrogen-bond acceptors (Lipinski definition) is 1. The van der Waals surface area contributed by atoms with Crippen molar-refractivity contribution >= 4 is 0 Å². The van der Waals surface area contributed by atoms with Crippen LogP contribution in [0.3, 0.4) is 0 Å². The molecule has 0 unspecified atom stereocenters. The Labute approximate surface area is 115 Å². The second kappa shape index (κ2) is 5.58. The maximum absolute atomic E-state index is 10.6. The Morgan fingerprint density at radius 1 is 0.842 bits per heavy atom. The van der Waals surface area contributed by atoms with Gasteiger partial charge in [-0.3, -0.25) is 0 Å². The third-order valence-electron chi connectivity index (χ3n) is 3.33. The molecule has 19 heavy (non-hydrogen) atoms. The highest BCUT2D eigenvalue weighted by molar-refractivity contribution is 5.26. The number of benzene rings is 2. The molecule has 0 spiro atoms. The highest BCUT2D eigenvalue weighted by atomic mass is 16.3. The maximum Gasteiger partial charge on any atom is 0.0700 e. The van der Waals surface area contributed by atoms with Crippen molar-refractivity contribution in [2.24, 2.45) is 0 Å². The van der Waals surface area contributed by atoms with E-state index in [4.69, 9.17) is 0 Å². The van der Waals surface area contributed by atoms with Gasteiger partial charge < -0.3 is 5.11 Å². The highest BCUT2D eigenvalue weighted by Crippen LogP contribution is 2.20. The molecule has 0 fully saturated rings. The van der Waals surface area contributed by atoms with E-state index in [1.54, 1.807) is 0 Å². The molecule has 0 bridgehead atoms. The van der Waals surface area contributed by atoms with Gasteiger partial charge in [-0.05, 0) is 31.9 Å². The first kappa shape index (κ1) is 13.8. The van der Waals surface area contributed by atoms with Crippen molar-refractivity contribution in [2.75, 3.05) is 0 Å². The molecule has 0 saturated heterocycles. The Morgan fingerprint density at radius 2 is 1.26 bits per heavy atom. The van der Waals surface area contributed by atoms with Gasteiger partial charge >= 0.3 is 0 Å². The molecule has 2 aromatic rings. The fourth-order valence-corrected chi connectivity index (χ4v) is 2.59. The standard InChI is InChI=1S/C18H22O/c1-14-6-4-8-16(10-14)12-18(3,19)13-17-9-5-7-15(2)11-17/h4-11,19H,12-13H2,1-3H3.